The Morgan fingerprint density at radius 3 is 2.54 bits per heavy atom. The quantitative estimate of drug-likeness (QED) is 0.353. The molecule has 3 rings (SSSR count). The molecule has 2 aliphatic heterocycles. The van der Waals surface area contributed by atoms with Crippen LogP contribution in [-0.4, -0.2) is 73.8 Å². The first kappa shape index (κ1) is 29.1. The predicted octanol–water partition coefficient (Wildman–Crippen LogP) is 4.09. The van der Waals surface area contributed by atoms with Gasteiger partial charge in [-0.3, -0.25) is 15.1 Å². The summed E-state index contributed by atoms with van der Waals surface area (Å²) in [5, 5.41) is 15.9. The largest absolute Gasteiger partial charge is 0.450 e. The molecule has 0 aromatic heterocycles. The van der Waals surface area contributed by atoms with Crippen LogP contribution in [0.2, 0.25) is 0 Å². The van der Waals surface area contributed by atoms with Crippen LogP contribution in [0.5, 0.6) is 0 Å². The molecule has 0 spiro atoms. The maximum Gasteiger partial charge on any atom is 0.412 e. The fraction of sp³-hybridized carbons (Fsp3) is 0.786. The van der Waals surface area contributed by atoms with E-state index in [4.69, 9.17) is 14.5 Å². The molecule has 2 saturated heterocycles. The van der Waals surface area contributed by atoms with Crippen LogP contribution in [0.4, 0.5) is 4.79 Å². The first-order valence-corrected chi connectivity index (χ1v) is 14.2. The van der Waals surface area contributed by atoms with E-state index in [1.54, 1.807) is 6.92 Å². The average Bonchev–Trinajstić information content (AvgIpc) is 2.91. The predicted molar refractivity (Wildman–Crippen MR) is 143 cm³/mol. The van der Waals surface area contributed by atoms with Crippen LogP contribution >= 0.6 is 0 Å². The van der Waals surface area contributed by atoms with Gasteiger partial charge in [0, 0.05) is 13.1 Å². The molecule has 2 N–H and O–H groups in total. The number of ether oxygens (including phenoxy) is 2. The van der Waals surface area contributed by atoms with Crippen molar-refractivity contribution in [1.29, 1.82) is 5.26 Å². The van der Waals surface area contributed by atoms with Crippen LogP contribution < -0.4 is 10.6 Å². The van der Waals surface area contributed by atoms with Crippen LogP contribution in [0.1, 0.15) is 84.5 Å². The van der Waals surface area contributed by atoms with Gasteiger partial charge in [-0.1, -0.05) is 44.6 Å². The maximum atomic E-state index is 13.7. The minimum Gasteiger partial charge on any atom is -0.450 e. The SMILES string of the molecule is CCCN1CCC(C#N)(NC(=O)C(CC2CCCCC2)N=C(C=C2CCOCC2)NC(=O)OCC)CC1. The summed E-state index contributed by atoms with van der Waals surface area (Å²) in [4.78, 5) is 33.2. The number of amides is 2. The summed E-state index contributed by atoms with van der Waals surface area (Å²) < 4.78 is 10.6. The van der Waals surface area contributed by atoms with Crippen molar-refractivity contribution in [3.05, 3.63) is 11.6 Å². The highest BCUT2D eigenvalue weighted by atomic mass is 16.5. The van der Waals surface area contributed by atoms with E-state index in [2.05, 4.69) is 28.5 Å². The molecule has 2 heterocycles. The van der Waals surface area contributed by atoms with Crippen molar-refractivity contribution >= 4 is 17.8 Å². The third-order valence-electron chi connectivity index (χ3n) is 7.69. The van der Waals surface area contributed by atoms with Gasteiger partial charge >= 0.3 is 6.09 Å². The van der Waals surface area contributed by atoms with Crippen molar-refractivity contribution in [3.8, 4) is 6.07 Å². The van der Waals surface area contributed by atoms with Crippen LogP contribution in [0.3, 0.4) is 0 Å². The second-order valence-electron chi connectivity index (χ2n) is 10.6. The summed E-state index contributed by atoms with van der Waals surface area (Å²) in [5.74, 6) is 0.511. The molecule has 206 valence electrons. The lowest BCUT2D eigenvalue weighted by Gasteiger charge is -2.38. The Labute approximate surface area is 222 Å². The number of piperidine rings is 1. The zero-order chi connectivity index (χ0) is 26.5. The van der Waals surface area contributed by atoms with Gasteiger partial charge in [0.2, 0.25) is 5.91 Å². The van der Waals surface area contributed by atoms with Crippen molar-refractivity contribution in [1.82, 2.24) is 15.5 Å². The number of nitrogens with one attached hydrogen (secondary N) is 2. The molecule has 0 aromatic carbocycles. The Balaban J connectivity index is 1.83. The van der Waals surface area contributed by atoms with E-state index in [9.17, 15) is 14.9 Å². The summed E-state index contributed by atoms with van der Waals surface area (Å²) in [6.45, 7) is 8.00. The molecule has 0 aromatic rings. The molecule has 3 fully saturated rings. The van der Waals surface area contributed by atoms with E-state index >= 15 is 0 Å². The second kappa shape index (κ2) is 15.1. The monoisotopic (exact) mass is 515 g/mol. The Bertz CT molecular complexity index is 843. The number of rotatable bonds is 9. The van der Waals surface area contributed by atoms with Crippen LogP contribution in [-0.2, 0) is 14.3 Å². The van der Waals surface area contributed by atoms with Crippen molar-refractivity contribution in [2.75, 3.05) is 39.5 Å². The molecule has 1 saturated carbocycles. The van der Waals surface area contributed by atoms with Gasteiger partial charge in [-0.05, 0) is 64.0 Å². The summed E-state index contributed by atoms with van der Waals surface area (Å²) in [7, 11) is 0. The lowest BCUT2D eigenvalue weighted by atomic mass is 9.84. The van der Waals surface area contributed by atoms with Crippen LogP contribution in [0.25, 0.3) is 0 Å². The first-order valence-electron chi connectivity index (χ1n) is 14.2. The van der Waals surface area contributed by atoms with Gasteiger partial charge in [-0.2, -0.15) is 5.26 Å². The molecule has 1 unspecified atom stereocenters. The van der Waals surface area contributed by atoms with Gasteiger partial charge in [0.15, 0.2) is 0 Å². The number of hydrogen-bond donors (Lipinski definition) is 2. The zero-order valence-corrected chi connectivity index (χ0v) is 22.7. The summed E-state index contributed by atoms with van der Waals surface area (Å²) in [6.07, 6.45) is 11.4. The normalized spacial score (nSPS) is 22.0. The van der Waals surface area contributed by atoms with E-state index in [1.807, 2.05) is 6.08 Å². The summed E-state index contributed by atoms with van der Waals surface area (Å²) in [6, 6.07) is 1.73. The molecule has 9 nitrogen and oxygen atoms in total. The Morgan fingerprint density at radius 1 is 1.22 bits per heavy atom. The summed E-state index contributed by atoms with van der Waals surface area (Å²) >= 11 is 0. The lowest BCUT2D eigenvalue weighted by Crippen LogP contribution is -2.56. The fourth-order valence-electron chi connectivity index (χ4n) is 5.53. The number of amidine groups is 1. The Kier molecular flexibility index (Phi) is 11.9. The molecule has 2 amide bonds. The standard InChI is InChI=1S/C28H45N5O4/c1-3-14-33-15-12-28(21-29,13-16-33)32-26(34)24(19-22-8-6-5-7-9-22)30-25(31-27(35)37-4-2)20-23-10-17-36-18-11-23/h20,22,24H,3-19H2,1-2H3,(H,32,34)(H,30,31,35). The minimum atomic E-state index is -0.879. The number of carbonyl (C=O) groups excluding carboxylic acids is 2. The molecule has 1 atom stereocenters. The van der Waals surface area contributed by atoms with Crippen molar-refractivity contribution in [3.63, 3.8) is 0 Å². The number of nitrogens with zero attached hydrogens (tertiary/aromatic N) is 3. The van der Waals surface area contributed by atoms with Crippen LogP contribution in [0.15, 0.2) is 16.6 Å². The molecule has 0 radical (unpaired) electrons. The smallest absolute Gasteiger partial charge is 0.412 e. The number of hydrogen-bond acceptors (Lipinski definition) is 7. The highest BCUT2D eigenvalue weighted by Gasteiger charge is 2.38. The van der Waals surface area contributed by atoms with Crippen molar-refractivity contribution in [2.45, 2.75) is 96.1 Å². The average molecular weight is 516 g/mol. The highest BCUT2D eigenvalue weighted by molar-refractivity contribution is 6.04. The lowest BCUT2D eigenvalue weighted by molar-refractivity contribution is -0.124. The van der Waals surface area contributed by atoms with E-state index in [1.165, 1.54) is 6.42 Å². The molecule has 3 aliphatic rings. The van der Waals surface area contributed by atoms with E-state index in [-0.39, 0.29) is 12.5 Å². The molecular formula is C28H45N5O4. The number of aliphatic imine (C=N–C) groups is 1. The van der Waals surface area contributed by atoms with E-state index in [0.29, 0.717) is 44.2 Å². The third-order valence-corrected chi connectivity index (χ3v) is 7.69. The van der Waals surface area contributed by atoms with Gasteiger partial charge in [-0.15, -0.1) is 0 Å². The van der Waals surface area contributed by atoms with E-state index in [0.717, 1.165) is 70.2 Å². The Hall–Kier alpha value is -2.44. The van der Waals surface area contributed by atoms with Gasteiger partial charge in [-0.25, -0.2) is 4.79 Å². The highest BCUT2D eigenvalue weighted by Crippen LogP contribution is 2.29. The van der Waals surface area contributed by atoms with E-state index < -0.39 is 17.7 Å². The maximum absolute atomic E-state index is 13.7. The van der Waals surface area contributed by atoms with Crippen LogP contribution in [0, 0.1) is 17.2 Å². The number of nitriles is 1. The topological polar surface area (TPSA) is 116 Å². The zero-order valence-electron chi connectivity index (χ0n) is 22.7. The minimum absolute atomic E-state index is 0.232. The molecule has 0 bridgehead atoms. The van der Waals surface area contributed by atoms with Crippen molar-refractivity contribution in [2.24, 2.45) is 10.9 Å². The summed E-state index contributed by atoms with van der Waals surface area (Å²) in [5.41, 5.74) is 0.241. The van der Waals surface area contributed by atoms with Gasteiger partial charge in [0.1, 0.15) is 17.4 Å². The Morgan fingerprint density at radius 2 is 1.92 bits per heavy atom. The van der Waals surface area contributed by atoms with Gasteiger partial charge in [0.05, 0.1) is 25.9 Å². The third kappa shape index (κ3) is 9.42. The molecule has 37 heavy (non-hydrogen) atoms. The molecule has 1 aliphatic carbocycles. The van der Waals surface area contributed by atoms with Gasteiger partial charge in [0.25, 0.3) is 0 Å². The first-order chi connectivity index (χ1) is 18.0. The van der Waals surface area contributed by atoms with Gasteiger partial charge < -0.3 is 19.7 Å². The number of carbonyl (C=O) groups is 2. The molecule has 9 heteroatoms. The number of alkyl carbamates (subject to hydrolysis) is 1. The van der Waals surface area contributed by atoms with Crippen molar-refractivity contribution < 1.29 is 19.1 Å². The number of likely N-dealkylation sites (tertiary alicyclic amines) is 1. The molecular weight excluding hydrogens is 470 g/mol. The fourth-order valence-corrected chi connectivity index (χ4v) is 5.53. The second-order valence-corrected chi connectivity index (χ2v) is 10.6.